The monoisotopic (exact) mass is 285 g/mol. The SMILES string of the molecule is Cn1nc(Nc2ccccc2C(F)(F)F)nc(N)c1=O. The van der Waals surface area contributed by atoms with Crippen molar-refractivity contribution in [1.29, 1.82) is 0 Å². The minimum Gasteiger partial charge on any atom is -0.379 e. The summed E-state index contributed by atoms with van der Waals surface area (Å²) in [5.41, 5.74) is 3.64. The van der Waals surface area contributed by atoms with Gasteiger partial charge in [-0.1, -0.05) is 12.1 Å². The van der Waals surface area contributed by atoms with Crippen LogP contribution in [0.2, 0.25) is 0 Å². The Balaban J connectivity index is 2.43. The smallest absolute Gasteiger partial charge is 0.379 e. The van der Waals surface area contributed by atoms with Crippen LogP contribution in [0.25, 0.3) is 0 Å². The molecule has 0 atom stereocenters. The van der Waals surface area contributed by atoms with E-state index in [0.717, 1.165) is 10.7 Å². The van der Waals surface area contributed by atoms with Crippen molar-refractivity contribution in [1.82, 2.24) is 14.8 Å². The highest BCUT2D eigenvalue weighted by atomic mass is 19.4. The van der Waals surface area contributed by atoms with E-state index in [0.29, 0.717) is 0 Å². The summed E-state index contributed by atoms with van der Waals surface area (Å²) in [4.78, 5) is 14.9. The first-order valence-electron chi connectivity index (χ1n) is 5.43. The van der Waals surface area contributed by atoms with Crippen LogP contribution in [0.1, 0.15) is 5.56 Å². The van der Waals surface area contributed by atoms with Crippen LogP contribution in [0, 0.1) is 0 Å². The van der Waals surface area contributed by atoms with E-state index in [1.807, 2.05) is 0 Å². The van der Waals surface area contributed by atoms with E-state index in [4.69, 9.17) is 5.73 Å². The Kier molecular flexibility index (Phi) is 3.35. The van der Waals surface area contributed by atoms with Crippen molar-refractivity contribution in [2.75, 3.05) is 11.1 Å². The normalized spacial score (nSPS) is 11.4. The standard InChI is InChI=1S/C11H10F3N5O/c1-19-9(20)8(15)17-10(18-19)16-7-5-3-2-4-6(7)11(12,13)14/h2-5H,1H3,(H3,15,16,17,18). The lowest BCUT2D eigenvalue weighted by atomic mass is 10.1. The van der Waals surface area contributed by atoms with Gasteiger partial charge in [0.2, 0.25) is 5.95 Å². The molecule has 1 heterocycles. The van der Waals surface area contributed by atoms with Crippen LogP contribution in [0.4, 0.5) is 30.6 Å². The van der Waals surface area contributed by atoms with E-state index in [2.05, 4.69) is 15.4 Å². The average molecular weight is 285 g/mol. The van der Waals surface area contributed by atoms with Crippen molar-refractivity contribution in [3.8, 4) is 0 Å². The Labute approximate surface area is 111 Å². The van der Waals surface area contributed by atoms with Gasteiger partial charge in [0.25, 0.3) is 0 Å². The summed E-state index contributed by atoms with van der Waals surface area (Å²) < 4.78 is 39.3. The van der Waals surface area contributed by atoms with Gasteiger partial charge in [-0.2, -0.15) is 18.2 Å². The number of hydrogen-bond donors (Lipinski definition) is 2. The quantitative estimate of drug-likeness (QED) is 0.873. The van der Waals surface area contributed by atoms with Crippen LogP contribution in [-0.2, 0) is 13.2 Å². The molecule has 9 heteroatoms. The number of alkyl halides is 3. The lowest BCUT2D eigenvalue weighted by molar-refractivity contribution is -0.136. The minimum atomic E-state index is -4.52. The fourth-order valence-corrected chi connectivity index (χ4v) is 1.55. The van der Waals surface area contributed by atoms with Crippen molar-refractivity contribution < 1.29 is 13.2 Å². The van der Waals surface area contributed by atoms with Gasteiger partial charge in [0.1, 0.15) is 0 Å². The van der Waals surface area contributed by atoms with Gasteiger partial charge in [-0.05, 0) is 12.1 Å². The van der Waals surface area contributed by atoms with E-state index in [1.165, 1.54) is 25.2 Å². The van der Waals surface area contributed by atoms with Crippen LogP contribution < -0.4 is 16.6 Å². The second-order valence-electron chi connectivity index (χ2n) is 3.92. The molecular weight excluding hydrogens is 275 g/mol. The number of benzene rings is 1. The lowest BCUT2D eigenvalue weighted by Gasteiger charge is -2.13. The number of nitrogens with two attached hydrogens (primary N) is 1. The first-order valence-corrected chi connectivity index (χ1v) is 5.43. The molecular formula is C11H10F3N5O. The molecule has 0 aliphatic rings. The predicted molar refractivity (Wildman–Crippen MR) is 66.4 cm³/mol. The Morgan fingerprint density at radius 1 is 1.30 bits per heavy atom. The second-order valence-corrected chi connectivity index (χ2v) is 3.92. The molecule has 0 amide bonds. The van der Waals surface area contributed by atoms with Crippen LogP contribution in [0.3, 0.4) is 0 Å². The molecule has 0 saturated carbocycles. The van der Waals surface area contributed by atoms with Gasteiger partial charge in [0.05, 0.1) is 11.3 Å². The number of hydrogen-bond acceptors (Lipinski definition) is 5. The number of halogens is 3. The van der Waals surface area contributed by atoms with E-state index >= 15 is 0 Å². The minimum absolute atomic E-state index is 0.193. The number of nitrogen functional groups attached to an aromatic ring is 1. The van der Waals surface area contributed by atoms with Crippen molar-refractivity contribution in [3.63, 3.8) is 0 Å². The highest BCUT2D eigenvalue weighted by molar-refractivity contribution is 5.59. The molecule has 6 nitrogen and oxygen atoms in total. The highest BCUT2D eigenvalue weighted by Gasteiger charge is 2.33. The summed E-state index contributed by atoms with van der Waals surface area (Å²) in [6.45, 7) is 0. The summed E-state index contributed by atoms with van der Waals surface area (Å²) in [6.07, 6.45) is -4.52. The van der Waals surface area contributed by atoms with Gasteiger partial charge >= 0.3 is 11.7 Å². The Hall–Kier alpha value is -2.58. The van der Waals surface area contributed by atoms with Gasteiger partial charge in [0, 0.05) is 7.05 Å². The van der Waals surface area contributed by atoms with Gasteiger partial charge in [-0.3, -0.25) is 4.79 Å². The molecule has 0 radical (unpaired) electrons. The van der Waals surface area contributed by atoms with Gasteiger partial charge in [0.15, 0.2) is 5.82 Å². The molecule has 0 saturated heterocycles. The first-order chi connectivity index (χ1) is 9.29. The highest BCUT2D eigenvalue weighted by Crippen LogP contribution is 2.35. The molecule has 0 bridgehead atoms. The lowest BCUT2D eigenvalue weighted by Crippen LogP contribution is -2.25. The third-order valence-corrected chi connectivity index (χ3v) is 2.46. The van der Waals surface area contributed by atoms with Gasteiger partial charge in [-0.15, -0.1) is 5.10 Å². The molecule has 0 fully saturated rings. The molecule has 0 spiro atoms. The maximum absolute atomic E-state index is 12.8. The first kappa shape index (κ1) is 13.8. The summed E-state index contributed by atoms with van der Waals surface area (Å²) in [5.74, 6) is -0.546. The number of nitrogens with one attached hydrogen (secondary N) is 1. The molecule has 20 heavy (non-hydrogen) atoms. The van der Waals surface area contributed by atoms with Crippen molar-refractivity contribution in [3.05, 3.63) is 40.2 Å². The largest absolute Gasteiger partial charge is 0.418 e. The molecule has 0 unspecified atom stereocenters. The predicted octanol–water partition coefficient (Wildman–Crippen LogP) is 1.52. The maximum Gasteiger partial charge on any atom is 0.418 e. The number of aryl methyl sites for hydroxylation is 1. The number of para-hydroxylation sites is 1. The van der Waals surface area contributed by atoms with Crippen LogP contribution in [0.5, 0.6) is 0 Å². The third-order valence-electron chi connectivity index (χ3n) is 2.46. The zero-order chi connectivity index (χ0) is 14.9. The number of anilines is 3. The molecule has 106 valence electrons. The van der Waals surface area contributed by atoms with Crippen molar-refractivity contribution in [2.24, 2.45) is 7.05 Å². The number of rotatable bonds is 2. The van der Waals surface area contributed by atoms with Gasteiger partial charge in [-0.25, -0.2) is 4.68 Å². The molecule has 0 aliphatic heterocycles. The van der Waals surface area contributed by atoms with Crippen LogP contribution >= 0.6 is 0 Å². The summed E-state index contributed by atoms with van der Waals surface area (Å²) in [6, 6.07) is 4.86. The number of nitrogens with zero attached hydrogens (tertiary/aromatic N) is 3. The van der Waals surface area contributed by atoms with Crippen LogP contribution in [-0.4, -0.2) is 14.8 Å². The van der Waals surface area contributed by atoms with Crippen molar-refractivity contribution in [2.45, 2.75) is 6.18 Å². The Morgan fingerprint density at radius 2 is 1.95 bits per heavy atom. The Morgan fingerprint density at radius 3 is 2.55 bits per heavy atom. The fourth-order valence-electron chi connectivity index (χ4n) is 1.55. The van der Waals surface area contributed by atoms with E-state index < -0.39 is 17.3 Å². The molecule has 3 N–H and O–H groups in total. The van der Waals surface area contributed by atoms with Gasteiger partial charge < -0.3 is 11.1 Å². The topological polar surface area (TPSA) is 85.8 Å². The van der Waals surface area contributed by atoms with E-state index in [1.54, 1.807) is 0 Å². The van der Waals surface area contributed by atoms with E-state index in [-0.39, 0.29) is 17.5 Å². The maximum atomic E-state index is 12.8. The molecule has 1 aromatic heterocycles. The summed E-state index contributed by atoms with van der Waals surface area (Å²) in [7, 11) is 1.32. The summed E-state index contributed by atoms with van der Waals surface area (Å²) in [5, 5.41) is 6.09. The molecule has 0 aliphatic carbocycles. The third kappa shape index (κ3) is 2.71. The molecule has 2 aromatic rings. The zero-order valence-electron chi connectivity index (χ0n) is 10.3. The molecule has 1 aromatic carbocycles. The zero-order valence-corrected chi connectivity index (χ0v) is 10.3. The van der Waals surface area contributed by atoms with E-state index in [9.17, 15) is 18.0 Å². The fraction of sp³-hybridized carbons (Fsp3) is 0.182. The molecule has 2 rings (SSSR count). The average Bonchev–Trinajstić information content (AvgIpc) is 2.35. The Bertz CT molecular complexity index is 669. The second kappa shape index (κ2) is 4.83. The van der Waals surface area contributed by atoms with Crippen molar-refractivity contribution >= 4 is 17.5 Å². The van der Waals surface area contributed by atoms with Crippen LogP contribution in [0.15, 0.2) is 29.1 Å². The summed E-state index contributed by atoms with van der Waals surface area (Å²) >= 11 is 0. The number of aromatic nitrogens is 3.